The Kier molecular flexibility index (Phi) is 5.46. The monoisotopic (exact) mass is 395 g/mol. The second-order valence-corrected chi connectivity index (χ2v) is 8.25. The average Bonchev–Trinajstić information content (AvgIpc) is 2.65. The number of nitrogens with zero attached hydrogens (tertiary/aromatic N) is 1. The number of anilines is 2. The standard InChI is InChI=1S/C21H21N3O3S/c1-14-8-11-20(22-13-14)23-21(25)18-12-17(10-9-15(18)2)28(26,27)24-19-7-5-4-6-16(19)3/h4-13,24H,1-3H3,(H,22,23,25). The van der Waals surface area contributed by atoms with E-state index in [9.17, 15) is 13.2 Å². The molecule has 2 aromatic carbocycles. The summed E-state index contributed by atoms with van der Waals surface area (Å²) in [5, 5.41) is 2.70. The predicted molar refractivity (Wildman–Crippen MR) is 110 cm³/mol. The summed E-state index contributed by atoms with van der Waals surface area (Å²) in [4.78, 5) is 16.8. The van der Waals surface area contributed by atoms with Gasteiger partial charge < -0.3 is 5.32 Å². The van der Waals surface area contributed by atoms with Crippen molar-refractivity contribution in [1.82, 2.24) is 4.98 Å². The number of pyridine rings is 1. The number of carbonyl (C=O) groups excluding carboxylic acids is 1. The summed E-state index contributed by atoms with van der Waals surface area (Å²) in [7, 11) is -3.83. The summed E-state index contributed by atoms with van der Waals surface area (Å²) in [6, 6.07) is 15.1. The van der Waals surface area contributed by atoms with E-state index in [0.29, 0.717) is 17.1 Å². The lowest BCUT2D eigenvalue weighted by Gasteiger charge is -2.13. The topological polar surface area (TPSA) is 88.2 Å². The molecule has 0 aliphatic carbocycles. The van der Waals surface area contributed by atoms with Crippen LogP contribution in [0, 0.1) is 20.8 Å². The molecule has 1 aromatic heterocycles. The molecule has 0 aliphatic rings. The van der Waals surface area contributed by atoms with Gasteiger partial charge >= 0.3 is 0 Å². The molecule has 2 N–H and O–H groups in total. The smallest absolute Gasteiger partial charge is 0.261 e. The van der Waals surface area contributed by atoms with Crippen LogP contribution < -0.4 is 10.0 Å². The highest BCUT2D eigenvalue weighted by atomic mass is 32.2. The number of aromatic nitrogens is 1. The van der Waals surface area contributed by atoms with Gasteiger partial charge in [0.15, 0.2) is 0 Å². The molecule has 0 bridgehead atoms. The summed E-state index contributed by atoms with van der Waals surface area (Å²) in [5.41, 5.74) is 3.22. The molecule has 0 atom stereocenters. The van der Waals surface area contributed by atoms with Crippen molar-refractivity contribution in [2.75, 3.05) is 10.0 Å². The third-order valence-electron chi connectivity index (χ3n) is 4.31. The Bertz CT molecular complexity index is 1120. The molecule has 3 aromatic rings. The number of benzene rings is 2. The highest BCUT2D eigenvalue weighted by Gasteiger charge is 2.19. The number of aryl methyl sites for hydroxylation is 3. The molecular weight excluding hydrogens is 374 g/mol. The van der Waals surface area contributed by atoms with E-state index in [1.807, 2.05) is 32.0 Å². The van der Waals surface area contributed by atoms with Crippen molar-refractivity contribution < 1.29 is 13.2 Å². The van der Waals surface area contributed by atoms with Gasteiger partial charge in [-0.1, -0.05) is 30.3 Å². The number of para-hydroxylation sites is 1. The van der Waals surface area contributed by atoms with Gasteiger partial charge in [-0.15, -0.1) is 0 Å². The number of hydrogen-bond acceptors (Lipinski definition) is 4. The van der Waals surface area contributed by atoms with Gasteiger partial charge in [0.05, 0.1) is 10.6 Å². The lowest BCUT2D eigenvalue weighted by Crippen LogP contribution is -2.17. The van der Waals surface area contributed by atoms with Crippen molar-refractivity contribution in [1.29, 1.82) is 0 Å². The molecule has 6 nitrogen and oxygen atoms in total. The van der Waals surface area contributed by atoms with Gasteiger partial charge in [-0.05, 0) is 61.7 Å². The quantitative estimate of drug-likeness (QED) is 0.682. The van der Waals surface area contributed by atoms with E-state index in [-0.39, 0.29) is 10.5 Å². The number of carbonyl (C=O) groups is 1. The summed E-state index contributed by atoms with van der Waals surface area (Å²) in [6.45, 7) is 5.47. The first-order valence-electron chi connectivity index (χ1n) is 8.69. The van der Waals surface area contributed by atoms with E-state index >= 15 is 0 Å². The molecule has 1 amide bonds. The number of sulfonamides is 1. The van der Waals surface area contributed by atoms with Gasteiger partial charge in [0.25, 0.3) is 15.9 Å². The number of amides is 1. The Morgan fingerprint density at radius 2 is 1.68 bits per heavy atom. The Hall–Kier alpha value is -3.19. The maximum absolute atomic E-state index is 12.8. The summed E-state index contributed by atoms with van der Waals surface area (Å²) in [6.07, 6.45) is 1.65. The minimum Gasteiger partial charge on any atom is -0.307 e. The maximum Gasteiger partial charge on any atom is 0.261 e. The van der Waals surface area contributed by atoms with Gasteiger partial charge in [0.1, 0.15) is 5.82 Å². The third kappa shape index (κ3) is 4.37. The Balaban J connectivity index is 1.89. The summed E-state index contributed by atoms with van der Waals surface area (Å²) >= 11 is 0. The fourth-order valence-corrected chi connectivity index (χ4v) is 3.79. The molecule has 0 saturated carbocycles. The van der Waals surface area contributed by atoms with Gasteiger partial charge in [0, 0.05) is 11.8 Å². The van der Waals surface area contributed by atoms with Crippen molar-refractivity contribution >= 4 is 27.4 Å². The van der Waals surface area contributed by atoms with Gasteiger partial charge in [-0.25, -0.2) is 13.4 Å². The first-order chi connectivity index (χ1) is 13.3. The molecule has 1 heterocycles. The van der Waals surface area contributed by atoms with Crippen LogP contribution in [0.1, 0.15) is 27.0 Å². The number of rotatable bonds is 5. The normalized spacial score (nSPS) is 11.1. The van der Waals surface area contributed by atoms with Crippen LogP contribution in [0.4, 0.5) is 11.5 Å². The largest absolute Gasteiger partial charge is 0.307 e. The molecule has 0 fully saturated rings. The van der Waals surface area contributed by atoms with Crippen LogP contribution in [0.5, 0.6) is 0 Å². The first-order valence-corrected chi connectivity index (χ1v) is 10.2. The highest BCUT2D eigenvalue weighted by Crippen LogP contribution is 2.22. The minimum absolute atomic E-state index is 0.0170. The summed E-state index contributed by atoms with van der Waals surface area (Å²) in [5.74, 6) is -0.0110. The Morgan fingerprint density at radius 1 is 0.929 bits per heavy atom. The Labute approximate surface area is 164 Å². The van der Waals surface area contributed by atoms with E-state index < -0.39 is 15.9 Å². The van der Waals surface area contributed by atoms with E-state index in [0.717, 1.165) is 11.1 Å². The zero-order chi connectivity index (χ0) is 20.3. The van der Waals surface area contributed by atoms with E-state index in [1.165, 1.54) is 12.1 Å². The van der Waals surface area contributed by atoms with Crippen molar-refractivity contribution in [3.05, 3.63) is 83.0 Å². The van der Waals surface area contributed by atoms with Crippen LogP contribution in [-0.2, 0) is 10.0 Å². The van der Waals surface area contributed by atoms with Gasteiger partial charge in [-0.3, -0.25) is 9.52 Å². The third-order valence-corrected chi connectivity index (χ3v) is 5.67. The molecule has 0 saturated heterocycles. The molecule has 3 rings (SSSR count). The first kappa shape index (κ1) is 19.6. The average molecular weight is 395 g/mol. The van der Waals surface area contributed by atoms with Gasteiger partial charge in [0.2, 0.25) is 0 Å². The molecule has 7 heteroatoms. The molecular formula is C21H21N3O3S. The molecule has 144 valence electrons. The zero-order valence-corrected chi connectivity index (χ0v) is 16.7. The van der Waals surface area contributed by atoms with Crippen molar-refractivity contribution in [2.45, 2.75) is 25.7 Å². The minimum atomic E-state index is -3.83. The predicted octanol–water partition coefficient (Wildman–Crippen LogP) is 4.06. The summed E-state index contributed by atoms with van der Waals surface area (Å²) < 4.78 is 28.1. The fourth-order valence-electron chi connectivity index (χ4n) is 2.63. The van der Waals surface area contributed by atoms with Crippen LogP contribution in [0.3, 0.4) is 0 Å². The molecule has 0 spiro atoms. The van der Waals surface area contributed by atoms with Crippen LogP contribution in [-0.4, -0.2) is 19.3 Å². The van der Waals surface area contributed by atoms with Crippen molar-refractivity contribution in [3.63, 3.8) is 0 Å². The van der Waals surface area contributed by atoms with E-state index in [1.54, 1.807) is 37.4 Å². The highest BCUT2D eigenvalue weighted by molar-refractivity contribution is 7.92. The lowest BCUT2D eigenvalue weighted by atomic mass is 10.1. The van der Waals surface area contributed by atoms with Crippen molar-refractivity contribution in [2.24, 2.45) is 0 Å². The van der Waals surface area contributed by atoms with Crippen LogP contribution >= 0.6 is 0 Å². The molecule has 0 unspecified atom stereocenters. The molecule has 28 heavy (non-hydrogen) atoms. The van der Waals surface area contributed by atoms with Crippen LogP contribution in [0.2, 0.25) is 0 Å². The van der Waals surface area contributed by atoms with Crippen LogP contribution in [0.25, 0.3) is 0 Å². The van der Waals surface area contributed by atoms with E-state index in [2.05, 4.69) is 15.0 Å². The lowest BCUT2D eigenvalue weighted by molar-refractivity contribution is 0.102. The number of hydrogen-bond donors (Lipinski definition) is 2. The second kappa shape index (κ2) is 7.82. The zero-order valence-electron chi connectivity index (χ0n) is 15.9. The molecule has 0 radical (unpaired) electrons. The van der Waals surface area contributed by atoms with Crippen LogP contribution in [0.15, 0.2) is 65.7 Å². The maximum atomic E-state index is 12.8. The number of nitrogens with one attached hydrogen (secondary N) is 2. The van der Waals surface area contributed by atoms with Gasteiger partial charge in [-0.2, -0.15) is 0 Å². The fraction of sp³-hybridized carbons (Fsp3) is 0.143. The second-order valence-electron chi connectivity index (χ2n) is 6.57. The molecule has 0 aliphatic heterocycles. The van der Waals surface area contributed by atoms with E-state index in [4.69, 9.17) is 0 Å². The van der Waals surface area contributed by atoms with Crippen molar-refractivity contribution in [3.8, 4) is 0 Å². The Morgan fingerprint density at radius 3 is 2.36 bits per heavy atom. The SMILES string of the molecule is Cc1ccc(NC(=O)c2cc(S(=O)(=O)Nc3ccccc3C)ccc2C)nc1.